The molecule has 1 aromatic carbocycles. The van der Waals surface area contributed by atoms with Crippen LogP contribution in [-0.4, -0.2) is 45.7 Å². The Hall–Kier alpha value is -3.00. The molecule has 2 heterocycles. The van der Waals surface area contributed by atoms with Crippen molar-refractivity contribution in [3.05, 3.63) is 63.5 Å². The normalized spacial score (nSPS) is 13.8. The van der Waals surface area contributed by atoms with Gasteiger partial charge in [-0.05, 0) is 49.0 Å². The Bertz CT molecular complexity index is 1220. The highest BCUT2D eigenvalue weighted by Crippen LogP contribution is 2.40. The fourth-order valence-electron chi connectivity index (χ4n) is 4.21. The predicted octanol–water partition coefficient (Wildman–Crippen LogP) is 5.95. The van der Waals surface area contributed by atoms with Gasteiger partial charge in [0.2, 0.25) is 0 Å². The molecular weight excluding hydrogens is 534 g/mol. The lowest BCUT2D eigenvalue weighted by molar-refractivity contribution is -0.138. The first kappa shape index (κ1) is 30.2. The number of hydrogen-bond acceptors (Lipinski definition) is 6. The third kappa shape index (κ3) is 6.66. The minimum Gasteiger partial charge on any atom is -0.507 e. The molecule has 1 aliphatic rings. The van der Waals surface area contributed by atoms with Crippen LogP contribution in [0.1, 0.15) is 93.8 Å². The number of carbonyl (C=O) groups is 2. The molecule has 37 heavy (non-hydrogen) atoms. The molecule has 0 saturated carbocycles. The first-order valence-corrected chi connectivity index (χ1v) is 12.2. The molecule has 0 saturated heterocycles. The lowest BCUT2D eigenvalue weighted by Crippen LogP contribution is -2.31. The van der Waals surface area contributed by atoms with Crippen molar-refractivity contribution in [1.29, 1.82) is 5.41 Å². The minimum absolute atomic E-state index is 0. The molecule has 0 radical (unpaired) electrons. The van der Waals surface area contributed by atoms with Crippen LogP contribution in [0, 0.1) is 5.41 Å². The van der Waals surface area contributed by atoms with Crippen molar-refractivity contribution in [3.8, 4) is 5.75 Å². The minimum atomic E-state index is -0.403. The Labute approximate surface area is 230 Å². The number of pyridine rings is 1. The summed E-state index contributed by atoms with van der Waals surface area (Å²) in [5, 5.41) is 19.6. The third-order valence-electron chi connectivity index (χ3n) is 6.25. The highest BCUT2D eigenvalue weighted by atomic mass is 79.9. The van der Waals surface area contributed by atoms with Crippen molar-refractivity contribution in [2.45, 2.75) is 72.8 Å². The van der Waals surface area contributed by atoms with Gasteiger partial charge < -0.3 is 14.7 Å². The van der Waals surface area contributed by atoms with Gasteiger partial charge in [-0.15, -0.1) is 17.0 Å². The lowest BCUT2D eigenvalue weighted by atomic mass is 9.78. The fraction of sp³-hybridized carbons (Fsp3) is 0.448. The van der Waals surface area contributed by atoms with Gasteiger partial charge in [0.25, 0.3) is 0 Å². The number of halogens is 1. The maximum atomic E-state index is 13.4. The predicted molar refractivity (Wildman–Crippen MR) is 152 cm³/mol. The standard InChI is InChI=1S/C29H37N3O4.BrH/c1-9-36-27(35)17(2)12-20-11-10-18-15-32(26(30)24(18)31-20)16-23(33)19-13-21(28(3,4)5)25(34)22(14-19)29(6,7)8;/h10-14,30,34H,9,15-16H2,1-8H3;1H. The summed E-state index contributed by atoms with van der Waals surface area (Å²) in [6.45, 7) is 16.2. The highest BCUT2D eigenvalue weighted by molar-refractivity contribution is 8.93. The number of phenols is 1. The number of rotatable bonds is 6. The Morgan fingerprint density at radius 2 is 1.68 bits per heavy atom. The molecule has 1 aliphatic heterocycles. The van der Waals surface area contributed by atoms with Gasteiger partial charge in [0, 0.05) is 34.4 Å². The van der Waals surface area contributed by atoms with Crippen molar-refractivity contribution in [3.63, 3.8) is 0 Å². The van der Waals surface area contributed by atoms with Crippen LogP contribution >= 0.6 is 17.0 Å². The van der Waals surface area contributed by atoms with Crippen LogP contribution in [0.2, 0.25) is 0 Å². The summed E-state index contributed by atoms with van der Waals surface area (Å²) in [4.78, 5) is 31.6. The number of esters is 1. The van der Waals surface area contributed by atoms with E-state index >= 15 is 0 Å². The summed E-state index contributed by atoms with van der Waals surface area (Å²) in [5.74, 6) is -0.119. The van der Waals surface area contributed by atoms with Crippen molar-refractivity contribution in [1.82, 2.24) is 9.88 Å². The number of Topliss-reactive ketones (excluding diaryl/α,β-unsaturated/α-hetero) is 1. The molecule has 1 aromatic heterocycles. The zero-order chi connectivity index (χ0) is 27.0. The van der Waals surface area contributed by atoms with Crippen LogP contribution in [0.25, 0.3) is 6.08 Å². The summed E-state index contributed by atoms with van der Waals surface area (Å²) in [7, 11) is 0. The number of ketones is 1. The second kappa shape index (κ2) is 11.2. The molecule has 0 amide bonds. The maximum Gasteiger partial charge on any atom is 0.333 e. The van der Waals surface area contributed by atoms with E-state index in [9.17, 15) is 14.7 Å². The molecule has 200 valence electrons. The molecule has 8 heteroatoms. The summed E-state index contributed by atoms with van der Waals surface area (Å²) < 4.78 is 5.02. The Balaban J connectivity index is 0.00000481. The van der Waals surface area contributed by atoms with Gasteiger partial charge >= 0.3 is 5.97 Å². The van der Waals surface area contributed by atoms with E-state index in [0.29, 0.717) is 35.7 Å². The largest absolute Gasteiger partial charge is 0.507 e. The number of aromatic nitrogens is 1. The van der Waals surface area contributed by atoms with E-state index in [1.165, 1.54) is 0 Å². The van der Waals surface area contributed by atoms with Gasteiger partial charge in [0.05, 0.1) is 18.8 Å². The molecule has 2 N–H and O–H groups in total. The van der Waals surface area contributed by atoms with Crippen molar-refractivity contribution < 1.29 is 19.4 Å². The van der Waals surface area contributed by atoms with Crippen molar-refractivity contribution in [2.24, 2.45) is 0 Å². The van der Waals surface area contributed by atoms with Gasteiger partial charge in [0.1, 0.15) is 17.3 Å². The summed E-state index contributed by atoms with van der Waals surface area (Å²) >= 11 is 0. The first-order valence-electron chi connectivity index (χ1n) is 12.2. The number of phenolic OH excluding ortho intramolecular Hbond substituents is 1. The fourth-order valence-corrected chi connectivity index (χ4v) is 4.21. The Morgan fingerprint density at radius 1 is 1.11 bits per heavy atom. The molecule has 0 aliphatic carbocycles. The summed E-state index contributed by atoms with van der Waals surface area (Å²) in [5.41, 5.74) is 3.64. The number of hydrogen-bond donors (Lipinski definition) is 2. The number of ether oxygens (including phenoxy) is 1. The van der Waals surface area contributed by atoms with Gasteiger partial charge in [-0.25, -0.2) is 9.78 Å². The van der Waals surface area contributed by atoms with E-state index in [4.69, 9.17) is 10.1 Å². The molecular formula is C29H38BrN3O4. The van der Waals surface area contributed by atoms with E-state index in [-0.39, 0.29) is 51.7 Å². The summed E-state index contributed by atoms with van der Waals surface area (Å²) in [6, 6.07) is 7.23. The van der Waals surface area contributed by atoms with Crippen LogP contribution < -0.4 is 0 Å². The van der Waals surface area contributed by atoms with Gasteiger partial charge in [-0.2, -0.15) is 0 Å². The number of nitrogens with one attached hydrogen (secondary N) is 1. The maximum absolute atomic E-state index is 13.4. The molecule has 3 rings (SSSR count). The van der Waals surface area contributed by atoms with Crippen molar-refractivity contribution >= 4 is 40.6 Å². The zero-order valence-corrected chi connectivity index (χ0v) is 24.7. The number of fused-ring (bicyclic) bond motifs is 1. The number of amidine groups is 1. The van der Waals surface area contributed by atoms with E-state index in [0.717, 1.165) is 16.7 Å². The van der Waals surface area contributed by atoms with Gasteiger partial charge in [0.15, 0.2) is 5.78 Å². The SMILES string of the molecule is Br.CCOC(=O)C(C)=Cc1ccc2c(n1)C(=N)N(CC(=O)c1cc(C(C)(C)C)c(O)c(C(C)(C)C)c1)C2. The molecule has 7 nitrogen and oxygen atoms in total. The van der Waals surface area contributed by atoms with Crippen LogP contribution in [0.4, 0.5) is 0 Å². The average Bonchev–Trinajstić information content (AvgIpc) is 3.07. The molecule has 0 fully saturated rings. The Morgan fingerprint density at radius 3 is 2.19 bits per heavy atom. The Kier molecular flexibility index (Phi) is 9.13. The molecule has 0 unspecified atom stereocenters. The van der Waals surface area contributed by atoms with Crippen LogP contribution in [0.3, 0.4) is 0 Å². The smallest absolute Gasteiger partial charge is 0.333 e. The number of aromatic hydroxyl groups is 1. The quantitative estimate of drug-likeness (QED) is 0.252. The van der Waals surface area contributed by atoms with E-state index in [1.807, 2.05) is 47.6 Å². The lowest BCUT2D eigenvalue weighted by Gasteiger charge is -2.28. The second-order valence-corrected chi connectivity index (χ2v) is 11.3. The van der Waals surface area contributed by atoms with Crippen LogP contribution in [-0.2, 0) is 26.9 Å². The van der Waals surface area contributed by atoms with E-state index in [1.54, 1.807) is 43.0 Å². The molecule has 2 aromatic rings. The second-order valence-electron chi connectivity index (χ2n) is 11.3. The summed E-state index contributed by atoms with van der Waals surface area (Å²) in [6.07, 6.45) is 1.64. The molecule has 0 spiro atoms. The zero-order valence-electron chi connectivity index (χ0n) is 23.0. The monoisotopic (exact) mass is 571 g/mol. The van der Waals surface area contributed by atoms with Crippen molar-refractivity contribution in [2.75, 3.05) is 13.2 Å². The number of benzene rings is 1. The first-order chi connectivity index (χ1) is 16.6. The van der Waals surface area contributed by atoms with Crippen LogP contribution in [0.15, 0.2) is 29.8 Å². The number of carbonyl (C=O) groups excluding carboxylic acids is 2. The third-order valence-corrected chi connectivity index (χ3v) is 6.25. The highest BCUT2D eigenvalue weighted by Gasteiger charge is 2.31. The van der Waals surface area contributed by atoms with E-state index in [2.05, 4.69) is 4.98 Å². The average molecular weight is 573 g/mol. The number of nitrogens with zero attached hydrogens (tertiary/aromatic N) is 2. The van der Waals surface area contributed by atoms with Crippen LogP contribution in [0.5, 0.6) is 5.75 Å². The molecule has 0 bridgehead atoms. The molecule has 0 atom stereocenters. The topological polar surface area (TPSA) is 104 Å². The van der Waals surface area contributed by atoms with Gasteiger partial charge in [-0.1, -0.05) is 47.6 Å². The van der Waals surface area contributed by atoms with Gasteiger partial charge in [-0.3, -0.25) is 10.2 Å². The van der Waals surface area contributed by atoms with E-state index < -0.39 is 5.97 Å².